The highest BCUT2D eigenvalue weighted by Gasteiger charge is 2.53. The van der Waals surface area contributed by atoms with Gasteiger partial charge in [0, 0.05) is 0 Å². The summed E-state index contributed by atoms with van der Waals surface area (Å²) in [4.78, 5) is 27.3. The molecule has 2 amide bonds. The van der Waals surface area contributed by atoms with Gasteiger partial charge in [0.15, 0.2) is 0 Å². The molecule has 0 spiro atoms. The number of para-hydroxylation sites is 2. The summed E-state index contributed by atoms with van der Waals surface area (Å²) in [6, 6.07) is 14.3. The normalized spacial score (nSPS) is 18.8. The van der Waals surface area contributed by atoms with E-state index in [1.807, 2.05) is 18.2 Å². The minimum Gasteiger partial charge on any atom is -0.496 e. The molecule has 0 saturated carbocycles. The van der Waals surface area contributed by atoms with Gasteiger partial charge in [-0.05, 0) is 50.5 Å². The van der Waals surface area contributed by atoms with E-state index in [1.54, 1.807) is 58.2 Å². The predicted octanol–water partition coefficient (Wildman–Crippen LogP) is 3.45. The van der Waals surface area contributed by atoms with Crippen LogP contribution < -0.4 is 9.64 Å². The number of benzene rings is 2. The zero-order chi connectivity index (χ0) is 20.5. The van der Waals surface area contributed by atoms with Crippen LogP contribution in [0.25, 0.3) is 0 Å². The molecule has 1 heterocycles. The van der Waals surface area contributed by atoms with E-state index < -0.39 is 29.6 Å². The average Bonchev–Trinajstić information content (AvgIpc) is 2.89. The minimum atomic E-state index is -1.29. The van der Waals surface area contributed by atoms with E-state index in [9.17, 15) is 14.7 Å². The standard InChI is InChI=1S/C22H25NO5/c1-21(2,3)28-20(26)23-17-11-7-6-10-16(17)22(14-24,19(23)25)13-15-9-5-8-12-18(15)27-4/h5-12,24H,13-14H2,1-4H3/t22-/m1/s1. The molecule has 1 aliphatic rings. The van der Waals surface area contributed by atoms with E-state index in [0.717, 1.165) is 10.5 Å². The van der Waals surface area contributed by atoms with E-state index in [1.165, 1.54) is 0 Å². The van der Waals surface area contributed by atoms with Gasteiger partial charge >= 0.3 is 6.09 Å². The van der Waals surface area contributed by atoms with Crippen molar-refractivity contribution in [3.63, 3.8) is 0 Å². The number of nitrogens with zero attached hydrogens (tertiary/aromatic N) is 1. The summed E-state index contributed by atoms with van der Waals surface area (Å²) < 4.78 is 10.9. The number of hydrogen-bond donors (Lipinski definition) is 1. The number of ether oxygens (including phenoxy) is 2. The summed E-state index contributed by atoms with van der Waals surface area (Å²) in [5.74, 6) is 0.118. The molecule has 6 nitrogen and oxygen atoms in total. The molecule has 28 heavy (non-hydrogen) atoms. The molecule has 2 aromatic rings. The number of methoxy groups -OCH3 is 1. The first-order valence-electron chi connectivity index (χ1n) is 9.13. The summed E-state index contributed by atoms with van der Waals surface area (Å²) in [6.07, 6.45) is -0.553. The zero-order valence-electron chi connectivity index (χ0n) is 16.6. The fourth-order valence-corrected chi connectivity index (χ4v) is 3.55. The second-order valence-corrected chi connectivity index (χ2v) is 7.87. The lowest BCUT2D eigenvalue weighted by atomic mass is 9.77. The highest BCUT2D eigenvalue weighted by Crippen LogP contribution is 2.45. The van der Waals surface area contributed by atoms with Crippen LogP contribution in [0.1, 0.15) is 31.9 Å². The zero-order valence-corrected chi connectivity index (χ0v) is 16.6. The van der Waals surface area contributed by atoms with Crippen molar-refractivity contribution < 1.29 is 24.2 Å². The third-order valence-electron chi connectivity index (χ3n) is 4.80. The highest BCUT2D eigenvalue weighted by atomic mass is 16.6. The Morgan fingerprint density at radius 2 is 1.75 bits per heavy atom. The molecule has 2 aromatic carbocycles. The maximum atomic E-state index is 13.5. The number of carbonyl (C=O) groups excluding carboxylic acids is 2. The lowest BCUT2D eigenvalue weighted by molar-refractivity contribution is -0.124. The molecule has 0 radical (unpaired) electrons. The molecule has 148 valence electrons. The molecular formula is C22H25NO5. The van der Waals surface area contributed by atoms with Gasteiger partial charge in [0.2, 0.25) is 5.91 Å². The number of amides is 2. The van der Waals surface area contributed by atoms with Crippen LogP contribution in [0.4, 0.5) is 10.5 Å². The summed E-state index contributed by atoms with van der Waals surface area (Å²) in [5.41, 5.74) is -0.236. The van der Waals surface area contributed by atoms with Crippen LogP contribution in [-0.2, 0) is 21.4 Å². The predicted molar refractivity (Wildman–Crippen MR) is 106 cm³/mol. The van der Waals surface area contributed by atoms with Crippen molar-refractivity contribution in [2.75, 3.05) is 18.6 Å². The molecule has 6 heteroatoms. The molecule has 0 aliphatic carbocycles. The summed E-state index contributed by atoms with van der Waals surface area (Å²) >= 11 is 0. The van der Waals surface area contributed by atoms with Gasteiger partial charge in [-0.15, -0.1) is 0 Å². The van der Waals surface area contributed by atoms with E-state index in [4.69, 9.17) is 9.47 Å². The van der Waals surface area contributed by atoms with E-state index >= 15 is 0 Å². The van der Waals surface area contributed by atoms with Crippen molar-refractivity contribution in [2.45, 2.75) is 38.2 Å². The van der Waals surface area contributed by atoms with Gasteiger partial charge in [-0.25, -0.2) is 9.69 Å². The van der Waals surface area contributed by atoms with Crippen LogP contribution in [0, 0.1) is 0 Å². The van der Waals surface area contributed by atoms with Crippen LogP contribution in [-0.4, -0.2) is 36.4 Å². The summed E-state index contributed by atoms with van der Waals surface area (Å²) in [7, 11) is 1.56. The molecule has 0 bridgehead atoms. The number of aliphatic hydroxyl groups is 1. The maximum Gasteiger partial charge on any atom is 0.421 e. The Kier molecular flexibility index (Phi) is 5.17. The van der Waals surface area contributed by atoms with Crippen molar-refractivity contribution in [1.29, 1.82) is 0 Å². The number of carbonyl (C=O) groups is 2. The topological polar surface area (TPSA) is 76.1 Å². The highest BCUT2D eigenvalue weighted by molar-refractivity contribution is 6.21. The molecule has 0 saturated heterocycles. The SMILES string of the molecule is COc1ccccc1C[C@]1(CO)C(=O)N(C(=O)OC(C)(C)C)c2ccccc21. The number of rotatable bonds is 4. The number of imide groups is 1. The second kappa shape index (κ2) is 7.28. The third-order valence-corrected chi connectivity index (χ3v) is 4.80. The summed E-state index contributed by atoms with van der Waals surface area (Å²) in [5, 5.41) is 10.4. The van der Waals surface area contributed by atoms with Gasteiger partial charge in [-0.3, -0.25) is 4.79 Å². The van der Waals surface area contributed by atoms with Crippen LogP contribution >= 0.6 is 0 Å². The lowest BCUT2D eigenvalue weighted by Crippen LogP contribution is -2.48. The van der Waals surface area contributed by atoms with Crippen molar-refractivity contribution in [1.82, 2.24) is 0 Å². The minimum absolute atomic E-state index is 0.197. The largest absolute Gasteiger partial charge is 0.496 e. The first-order chi connectivity index (χ1) is 13.2. The lowest BCUT2D eigenvalue weighted by Gasteiger charge is -2.28. The molecule has 0 aromatic heterocycles. The number of aliphatic hydroxyl groups excluding tert-OH is 1. The molecular weight excluding hydrogens is 358 g/mol. The summed E-state index contributed by atoms with van der Waals surface area (Å²) in [6.45, 7) is 4.78. The van der Waals surface area contributed by atoms with Crippen molar-refractivity contribution >= 4 is 17.7 Å². The Balaban J connectivity index is 2.09. The number of hydrogen-bond acceptors (Lipinski definition) is 5. The molecule has 3 rings (SSSR count). The van der Waals surface area contributed by atoms with Gasteiger partial charge in [0.25, 0.3) is 0 Å². The first kappa shape index (κ1) is 19.9. The Morgan fingerprint density at radius 1 is 1.11 bits per heavy atom. The van der Waals surface area contributed by atoms with Gasteiger partial charge in [0.1, 0.15) is 16.8 Å². The quantitative estimate of drug-likeness (QED) is 0.875. The molecule has 0 fully saturated rings. The Bertz CT molecular complexity index is 902. The molecule has 1 N–H and O–H groups in total. The van der Waals surface area contributed by atoms with Crippen molar-refractivity contribution in [3.05, 3.63) is 59.7 Å². The molecule has 1 atom stereocenters. The fraction of sp³-hybridized carbons (Fsp3) is 0.364. The van der Waals surface area contributed by atoms with Crippen molar-refractivity contribution in [3.8, 4) is 5.75 Å². The van der Waals surface area contributed by atoms with Crippen LogP contribution in [0.15, 0.2) is 48.5 Å². The smallest absolute Gasteiger partial charge is 0.421 e. The maximum absolute atomic E-state index is 13.5. The van der Waals surface area contributed by atoms with E-state index in [0.29, 0.717) is 17.0 Å². The van der Waals surface area contributed by atoms with Crippen LogP contribution in [0.2, 0.25) is 0 Å². The Labute approximate surface area is 164 Å². The van der Waals surface area contributed by atoms with Crippen LogP contribution in [0.3, 0.4) is 0 Å². The van der Waals surface area contributed by atoms with E-state index in [2.05, 4.69) is 0 Å². The number of anilines is 1. The van der Waals surface area contributed by atoms with Gasteiger partial charge in [-0.1, -0.05) is 36.4 Å². The monoisotopic (exact) mass is 383 g/mol. The van der Waals surface area contributed by atoms with E-state index in [-0.39, 0.29) is 6.42 Å². The molecule has 1 aliphatic heterocycles. The third kappa shape index (κ3) is 3.36. The van der Waals surface area contributed by atoms with Gasteiger partial charge in [0.05, 0.1) is 19.4 Å². The van der Waals surface area contributed by atoms with Gasteiger partial charge in [-0.2, -0.15) is 0 Å². The molecule has 0 unspecified atom stereocenters. The number of fused-ring (bicyclic) bond motifs is 1. The first-order valence-corrected chi connectivity index (χ1v) is 9.13. The fourth-order valence-electron chi connectivity index (χ4n) is 3.55. The van der Waals surface area contributed by atoms with Crippen LogP contribution in [0.5, 0.6) is 5.75 Å². The Morgan fingerprint density at radius 3 is 2.39 bits per heavy atom. The van der Waals surface area contributed by atoms with Gasteiger partial charge < -0.3 is 14.6 Å². The second-order valence-electron chi connectivity index (χ2n) is 7.87. The average molecular weight is 383 g/mol. The van der Waals surface area contributed by atoms with Crippen molar-refractivity contribution in [2.24, 2.45) is 0 Å². The Hall–Kier alpha value is -2.86.